The van der Waals surface area contributed by atoms with Crippen molar-refractivity contribution in [1.29, 1.82) is 0 Å². The second kappa shape index (κ2) is 9.25. The van der Waals surface area contributed by atoms with E-state index in [4.69, 9.17) is 15.2 Å². The van der Waals surface area contributed by atoms with E-state index in [9.17, 15) is 4.79 Å². The third-order valence-corrected chi connectivity index (χ3v) is 4.32. The van der Waals surface area contributed by atoms with Crippen molar-refractivity contribution in [2.45, 2.75) is 37.8 Å². The van der Waals surface area contributed by atoms with E-state index in [1.807, 2.05) is 0 Å². The molecule has 2 aliphatic rings. The standard InChI is InChI=1S/C14H27N3O3.2ClH/c1-13(2)11-20-10-7-17(13)6-5-16-12(18)14(15)3-8-19-9-4-14;;/h3-11,15H2,1-2H3,(H,16,18);2*1H. The van der Waals surface area contributed by atoms with E-state index in [0.29, 0.717) is 32.6 Å². The van der Waals surface area contributed by atoms with Gasteiger partial charge in [0.1, 0.15) is 0 Å². The number of amides is 1. The Kier molecular flexibility index (Phi) is 9.20. The van der Waals surface area contributed by atoms with Crippen molar-refractivity contribution in [2.24, 2.45) is 5.73 Å². The minimum atomic E-state index is -0.751. The molecule has 6 nitrogen and oxygen atoms in total. The van der Waals surface area contributed by atoms with E-state index in [1.54, 1.807) is 0 Å². The summed E-state index contributed by atoms with van der Waals surface area (Å²) in [7, 11) is 0. The van der Waals surface area contributed by atoms with Gasteiger partial charge in [0.05, 0.1) is 18.8 Å². The van der Waals surface area contributed by atoms with Gasteiger partial charge >= 0.3 is 0 Å². The fourth-order valence-electron chi connectivity index (χ4n) is 2.75. The van der Waals surface area contributed by atoms with Gasteiger partial charge in [0.2, 0.25) is 5.91 Å². The number of nitrogens with zero attached hydrogens (tertiary/aromatic N) is 1. The molecule has 0 radical (unpaired) electrons. The van der Waals surface area contributed by atoms with Gasteiger partial charge in [0, 0.05) is 38.4 Å². The molecule has 0 atom stereocenters. The molecular formula is C14H29Cl2N3O3. The maximum absolute atomic E-state index is 12.2. The Balaban J connectivity index is 0.00000220. The maximum Gasteiger partial charge on any atom is 0.240 e. The Morgan fingerprint density at radius 1 is 1.18 bits per heavy atom. The third kappa shape index (κ3) is 5.51. The van der Waals surface area contributed by atoms with Crippen molar-refractivity contribution in [3.05, 3.63) is 0 Å². The van der Waals surface area contributed by atoms with Gasteiger partial charge < -0.3 is 20.5 Å². The summed E-state index contributed by atoms with van der Waals surface area (Å²) in [6.45, 7) is 9.32. The highest BCUT2D eigenvalue weighted by molar-refractivity contribution is 5.86. The first-order chi connectivity index (χ1) is 9.44. The average molecular weight is 358 g/mol. The number of carbonyl (C=O) groups is 1. The highest BCUT2D eigenvalue weighted by atomic mass is 35.5. The van der Waals surface area contributed by atoms with Crippen LogP contribution in [0.5, 0.6) is 0 Å². The molecule has 0 aromatic rings. The monoisotopic (exact) mass is 357 g/mol. The second-order valence-electron chi connectivity index (χ2n) is 6.38. The second-order valence-corrected chi connectivity index (χ2v) is 6.38. The van der Waals surface area contributed by atoms with Crippen molar-refractivity contribution >= 4 is 30.7 Å². The van der Waals surface area contributed by atoms with Gasteiger partial charge in [-0.25, -0.2) is 0 Å². The molecule has 0 aromatic heterocycles. The van der Waals surface area contributed by atoms with Crippen molar-refractivity contribution in [2.75, 3.05) is 46.1 Å². The van der Waals surface area contributed by atoms with Crippen molar-refractivity contribution < 1.29 is 14.3 Å². The Morgan fingerprint density at radius 3 is 2.41 bits per heavy atom. The molecule has 0 spiro atoms. The molecule has 0 saturated carbocycles. The third-order valence-electron chi connectivity index (χ3n) is 4.32. The topological polar surface area (TPSA) is 76.8 Å². The van der Waals surface area contributed by atoms with Gasteiger partial charge in [-0.05, 0) is 26.7 Å². The SMILES string of the molecule is CC1(C)COCCN1CCNC(=O)C1(N)CCOCC1.Cl.Cl. The van der Waals surface area contributed by atoms with Crippen molar-refractivity contribution in [3.8, 4) is 0 Å². The van der Waals surface area contributed by atoms with Crippen LogP contribution in [-0.2, 0) is 14.3 Å². The summed E-state index contributed by atoms with van der Waals surface area (Å²) < 4.78 is 10.8. The van der Waals surface area contributed by atoms with Crippen LogP contribution >= 0.6 is 24.8 Å². The molecule has 8 heteroatoms. The van der Waals surface area contributed by atoms with Gasteiger partial charge in [-0.3, -0.25) is 9.69 Å². The molecule has 132 valence electrons. The largest absolute Gasteiger partial charge is 0.381 e. The molecule has 2 saturated heterocycles. The quantitative estimate of drug-likeness (QED) is 0.768. The van der Waals surface area contributed by atoms with Crippen LogP contribution in [0.4, 0.5) is 0 Å². The van der Waals surface area contributed by atoms with Crippen LogP contribution in [0.25, 0.3) is 0 Å². The smallest absolute Gasteiger partial charge is 0.240 e. The predicted molar refractivity (Wildman–Crippen MR) is 90.9 cm³/mol. The van der Waals surface area contributed by atoms with Crippen LogP contribution in [0.3, 0.4) is 0 Å². The summed E-state index contributed by atoms with van der Waals surface area (Å²) in [5.41, 5.74) is 5.43. The molecule has 0 aromatic carbocycles. The molecule has 2 aliphatic heterocycles. The van der Waals surface area contributed by atoms with Gasteiger partial charge in [-0.1, -0.05) is 0 Å². The van der Waals surface area contributed by atoms with Gasteiger partial charge in [-0.15, -0.1) is 24.8 Å². The van der Waals surface area contributed by atoms with Crippen LogP contribution in [-0.4, -0.2) is 67.9 Å². The number of hydrogen-bond acceptors (Lipinski definition) is 5. The summed E-state index contributed by atoms with van der Waals surface area (Å²) in [5.74, 6) is -0.0492. The predicted octanol–water partition coefficient (Wildman–Crippen LogP) is 0.565. The zero-order valence-corrected chi connectivity index (χ0v) is 15.1. The molecule has 1 amide bonds. The lowest BCUT2D eigenvalue weighted by Crippen LogP contribution is -2.59. The van der Waals surface area contributed by atoms with Crippen molar-refractivity contribution in [1.82, 2.24) is 10.2 Å². The van der Waals surface area contributed by atoms with Crippen molar-refractivity contribution in [3.63, 3.8) is 0 Å². The molecule has 0 bridgehead atoms. The number of nitrogens with two attached hydrogens (primary N) is 1. The molecule has 0 unspecified atom stereocenters. The minimum absolute atomic E-state index is 0. The average Bonchev–Trinajstić information content (AvgIpc) is 2.41. The lowest BCUT2D eigenvalue weighted by Gasteiger charge is -2.42. The fourth-order valence-corrected chi connectivity index (χ4v) is 2.75. The highest BCUT2D eigenvalue weighted by Gasteiger charge is 2.36. The van der Waals surface area contributed by atoms with E-state index in [-0.39, 0.29) is 36.3 Å². The molecule has 3 N–H and O–H groups in total. The Bertz CT molecular complexity index is 350. The van der Waals surface area contributed by atoms with E-state index >= 15 is 0 Å². The number of nitrogens with one attached hydrogen (secondary N) is 1. The number of rotatable bonds is 4. The van der Waals surface area contributed by atoms with E-state index < -0.39 is 5.54 Å². The zero-order chi connectivity index (χ0) is 14.6. The van der Waals surface area contributed by atoms with Crippen LogP contribution in [0, 0.1) is 0 Å². The summed E-state index contributed by atoms with van der Waals surface area (Å²) in [5, 5.41) is 2.98. The first-order valence-electron chi connectivity index (χ1n) is 7.42. The van der Waals surface area contributed by atoms with E-state index in [1.165, 1.54) is 0 Å². The van der Waals surface area contributed by atoms with E-state index in [2.05, 4.69) is 24.1 Å². The number of morpholine rings is 1. The first kappa shape index (κ1) is 21.9. The lowest BCUT2D eigenvalue weighted by molar-refractivity contribution is -0.130. The van der Waals surface area contributed by atoms with Gasteiger partial charge in [0.15, 0.2) is 0 Å². The highest BCUT2D eigenvalue weighted by Crippen LogP contribution is 2.19. The Hall–Kier alpha value is -0.110. The summed E-state index contributed by atoms with van der Waals surface area (Å²) in [6, 6.07) is 0. The number of halogens is 2. The molecule has 0 aliphatic carbocycles. The molecule has 22 heavy (non-hydrogen) atoms. The number of hydrogen-bond donors (Lipinski definition) is 2. The van der Waals surface area contributed by atoms with E-state index in [0.717, 1.165) is 26.3 Å². The van der Waals surface area contributed by atoms with Crippen LogP contribution < -0.4 is 11.1 Å². The van der Waals surface area contributed by atoms with Crippen LogP contribution in [0.1, 0.15) is 26.7 Å². The minimum Gasteiger partial charge on any atom is -0.381 e. The normalized spacial score (nSPS) is 23.8. The summed E-state index contributed by atoms with van der Waals surface area (Å²) in [4.78, 5) is 14.5. The summed E-state index contributed by atoms with van der Waals surface area (Å²) in [6.07, 6.45) is 1.20. The molecule has 2 heterocycles. The molecular weight excluding hydrogens is 329 g/mol. The lowest BCUT2D eigenvalue weighted by atomic mass is 9.90. The molecule has 2 fully saturated rings. The Labute approximate surface area is 145 Å². The Morgan fingerprint density at radius 2 is 1.82 bits per heavy atom. The fraction of sp³-hybridized carbons (Fsp3) is 0.929. The number of carbonyl (C=O) groups excluding carboxylic acids is 1. The van der Waals surface area contributed by atoms with Crippen LogP contribution in [0.15, 0.2) is 0 Å². The summed E-state index contributed by atoms with van der Waals surface area (Å²) >= 11 is 0. The maximum atomic E-state index is 12.2. The van der Waals surface area contributed by atoms with Gasteiger partial charge in [0.25, 0.3) is 0 Å². The van der Waals surface area contributed by atoms with Gasteiger partial charge in [-0.2, -0.15) is 0 Å². The van der Waals surface area contributed by atoms with Crippen LogP contribution in [0.2, 0.25) is 0 Å². The first-order valence-corrected chi connectivity index (χ1v) is 7.42. The zero-order valence-electron chi connectivity index (χ0n) is 13.4. The number of ether oxygens (including phenoxy) is 2. The molecule has 2 rings (SSSR count).